The molecule has 0 saturated carbocycles. The molecule has 5 aromatic rings. The van der Waals surface area contributed by atoms with Gasteiger partial charge in [-0.25, -0.2) is 8.42 Å². The smallest absolute Gasteiger partial charge is 0.264 e. The first-order valence-electron chi connectivity index (χ1n) is 10.5. The predicted molar refractivity (Wildman–Crippen MR) is 129 cm³/mol. The Morgan fingerprint density at radius 1 is 0.818 bits per heavy atom. The second kappa shape index (κ2) is 9.13. The van der Waals surface area contributed by atoms with Crippen LogP contribution in [0.5, 0.6) is 0 Å². The molecule has 0 saturated heterocycles. The number of nitrogens with zero attached hydrogens (tertiary/aromatic N) is 5. The first kappa shape index (κ1) is 21.3. The third-order valence-corrected chi connectivity index (χ3v) is 7.95. The molecular weight excluding hydrogens is 454 g/mol. The molecule has 7 nitrogen and oxygen atoms in total. The molecule has 5 rings (SSSR count). The molecular formula is C24H21N5O2S2. The summed E-state index contributed by atoms with van der Waals surface area (Å²) in [4.78, 5) is 0.951. The van der Waals surface area contributed by atoms with Crippen molar-refractivity contribution in [1.82, 2.24) is 19.8 Å². The number of anilines is 1. The van der Waals surface area contributed by atoms with Crippen molar-refractivity contribution < 1.29 is 8.42 Å². The van der Waals surface area contributed by atoms with Gasteiger partial charge in [0, 0.05) is 19.4 Å². The van der Waals surface area contributed by atoms with Crippen molar-refractivity contribution in [2.45, 2.75) is 17.7 Å². The maximum atomic E-state index is 13.4. The van der Waals surface area contributed by atoms with Gasteiger partial charge in [0.1, 0.15) is 5.01 Å². The number of rotatable bonds is 8. The standard InChI is InChI=1S/C24H21N5O2S2/c30-33(31,21-14-8-3-9-15-21)28(20-12-6-2-7-13-20)17-16-22-25-26-24-29(22)27-23(32-24)18-19-10-4-1-5-11-19/h1-15H,16-18H2. The van der Waals surface area contributed by atoms with Crippen molar-refractivity contribution in [2.24, 2.45) is 0 Å². The third-order valence-electron chi connectivity index (χ3n) is 5.21. The molecule has 3 aromatic carbocycles. The highest BCUT2D eigenvalue weighted by Crippen LogP contribution is 2.24. The van der Waals surface area contributed by atoms with Crippen LogP contribution in [0.4, 0.5) is 5.69 Å². The Balaban J connectivity index is 1.42. The summed E-state index contributed by atoms with van der Waals surface area (Å²) in [5, 5.41) is 14.1. The predicted octanol–water partition coefficient (Wildman–Crippen LogP) is 4.21. The van der Waals surface area contributed by atoms with Gasteiger partial charge in [-0.2, -0.15) is 9.61 Å². The highest BCUT2D eigenvalue weighted by Gasteiger charge is 2.25. The van der Waals surface area contributed by atoms with E-state index in [1.54, 1.807) is 47.0 Å². The molecule has 0 aliphatic carbocycles. The van der Waals surface area contributed by atoms with E-state index in [9.17, 15) is 8.42 Å². The highest BCUT2D eigenvalue weighted by molar-refractivity contribution is 7.92. The first-order chi connectivity index (χ1) is 16.1. The molecule has 0 atom stereocenters. The van der Waals surface area contributed by atoms with Crippen molar-refractivity contribution in [2.75, 3.05) is 10.8 Å². The zero-order valence-corrected chi connectivity index (χ0v) is 19.3. The van der Waals surface area contributed by atoms with E-state index < -0.39 is 10.0 Å². The lowest BCUT2D eigenvalue weighted by Crippen LogP contribution is -2.33. The van der Waals surface area contributed by atoms with Gasteiger partial charge in [0.15, 0.2) is 5.82 Å². The molecule has 2 heterocycles. The van der Waals surface area contributed by atoms with Gasteiger partial charge in [0.25, 0.3) is 10.0 Å². The van der Waals surface area contributed by atoms with Crippen LogP contribution in [0.1, 0.15) is 16.4 Å². The molecule has 166 valence electrons. The molecule has 0 N–H and O–H groups in total. The molecule has 33 heavy (non-hydrogen) atoms. The van der Waals surface area contributed by atoms with Gasteiger partial charge >= 0.3 is 0 Å². The first-order valence-corrected chi connectivity index (χ1v) is 12.7. The van der Waals surface area contributed by atoms with E-state index in [0.717, 1.165) is 5.01 Å². The Morgan fingerprint density at radius 3 is 2.15 bits per heavy atom. The van der Waals surface area contributed by atoms with E-state index in [1.807, 2.05) is 36.4 Å². The lowest BCUT2D eigenvalue weighted by Gasteiger charge is -2.24. The molecule has 0 aliphatic heterocycles. The fourth-order valence-corrected chi connectivity index (χ4v) is 5.97. The zero-order chi connectivity index (χ0) is 22.7. The Kier molecular flexibility index (Phi) is 5.89. The van der Waals surface area contributed by atoms with Gasteiger partial charge in [-0.05, 0) is 29.8 Å². The van der Waals surface area contributed by atoms with Crippen LogP contribution in [0.3, 0.4) is 0 Å². The van der Waals surface area contributed by atoms with Gasteiger partial charge in [0.2, 0.25) is 4.96 Å². The molecule has 0 radical (unpaired) electrons. The topological polar surface area (TPSA) is 80.5 Å². The summed E-state index contributed by atoms with van der Waals surface area (Å²) in [6, 6.07) is 27.7. The van der Waals surface area contributed by atoms with Gasteiger partial charge < -0.3 is 0 Å². The van der Waals surface area contributed by atoms with E-state index >= 15 is 0 Å². The Bertz CT molecular complexity index is 1450. The number of para-hydroxylation sites is 1. The maximum absolute atomic E-state index is 13.4. The normalized spacial score (nSPS) is 11.6. The van der Waals surface area contributed by atoms with Crippen molar-refractivity contribution in [3.8, 4) is 0 Å². The van der Waals surface area contributed by atoms with Crippen LogP contribution < -0.4 is 4.31 Å². The van der Waals surface area contributed by atoms with Crippen molar-refractivity contribution in [1.29, 1.82) is 0 Å². The molecule has 0 unspecified atom stereocenters. The average molecular weight is 476 g/mol. The number of aromatic nitrogens is 4. The van der Waals surface area contributed by atoms with Crippen LogP contribution in [-0.4, -0.2) is 34.8 Å². The summed E-state index contributed by atoms with van der Waals surface area (Å²) in [6.07, 6.45) is 1.09. The average Bonchev–Trinajstić information content (AvgIpc) is 3.42. The Labute approximate surface area is 196 Å². The molecule has 0 bridgehead atoms. The van der Waals surface area contributed by atoms with E-state index in [4.69, 9.17) is 0 Å². The molecule has 0 aliphatic rings. The fraction of sp³-hybridized carbons (Fsp3) is 0.125. The summed E-state index contributed by atoms with van der Waals surface area (Å²) >= 11 is 1.49. The van der Waals surface area contributed by atoms with Gasteiger partial charge in [-0.1, -0.05) is 78.1 Å². The number of fused-ring (bicyclic) bond motifs is 1. The minimum Gasteiger partial charge on any atom is -0.266 e. The van der Waals surface area contributed by atoms with Gasteiger partial charge in [-0.3, -0.25) is 4.31 Å². The Morgan fingerprint density at radius 2 is 1.45 bits per heavy atom. The minimum atomic E-state index is -3.74. The lowest BCUT2D eigenvalue weighted by molar-refractivity contribution is 0.589. The van der Waals surface area contributed by atoms with Crippen LogP contribution in [0.2, 0.25) is 0 Å². The third kappa shape index (κ3) is 4.50. The van der Waals surface area contributed by atoms with Crippen LogP contribution in [0.25, 0.3) is 4.96 Å². The molecule has 2 aromatic heterocycles. The minimum absolute atomic E-state index is 0.216. The number of hydrogen-bond acceptors (Lipinski definition) is 6. The highest BCUT2D eigenvalue weighted by atomic mass is 32.2. The van der Waals surface area contributed by atoms with Crippen molar-refractivity contribution >= 4 is 32.0 Å². The van der Waals surface area contributed by atoms with E-state index in [0.29, 0.717) is 29.3 Å². The largest absolute Gasteiger partial charge is 0.266 e. The van der Waals surface area contributed by atoms with E-state index in [-0.39, 0.29) is 11.4 Å². The van der Waals surface area contributed by atoms with Gasteiger partial charge in [-0.15, -0.1) is 10.2 Å². The van der Waals surface area contributed by atoms with E-state index in [1.165, 1.54) is 21.2 Å². The number of benzene rings is 3. The molecule has 0 spiro atoms. The van der Waals surface area contributed by atoms with Crippen LogP contribution in [0, 0.1) is 0 Å². The van der Waals surface area contributed by atoms with Crippen molar-refractivity contribution in [3.63, 3.8) is 0 Å². The lowest BCUT2D eigenvalue weighted by atomic mass is 10.2. The van der Waals surface area contributed by atoms with Crippen LogP contribution in [-0.2, 0) is 22.9 Å². The zero-order valence-electron chi connectivity index (χ0n) is 17.7. The Hall–Kier alpha value is -3.56. The summed E-state index contributed by atoms with van der Waals surface area (Å²) in [6.45, 7) is 0.216. The number of hydrogen-bond donors (Lipinski definition) is 0. The van der Waals surface area contributed by atoms with E-state index in [2.05, 4.69) is 27.4 Å². The molecule has 0 amide bonds. The maximum Gasteiger partial charge on any atom is 0.264 e. The summed E-state index contributed by atoms with van der Waals surface area (Å²) in [5.74, 6) is 0.629. The van der Waals surface area contributed by atoms with Crippen LogP contribution >= 0.6 is 11.3 Å². The quantitative estimate of drug-likeness (QED) is 0.336. The van der Waals surface area contributed by atoms with Gasteiger partial charge in [0.05, 0.1) is 10.6 Å². The monoisotopic (exact) mass is 475 g/mol. The summed E-state index contributed by atoms with van der Waals surface area (Å²) in [7, 11) is -3.74. The summed E-state index contributed by atoms with van der Waals surface area (Å²) < 4.78 is 30.0. The molecule has 0 fully saturated rings. The van der Waals surface area contributed by atoms with Crippen LogP contribution in [0.15, 0.2) is 95.9 Å². The molecule has 9 heteroatoms. The second-order valence-electron chi connectivity index (χ2n) is 7.44. The summed E-state index contributed by atoms with van der Waals surface area (Å²) in [5.41, 5.74) is 1.78. The number of sulfonamides is 1. The van der Waals surface area contributed by atoms with Crippen molar-refractivity contribution in [3.05, 3.63) is 107 Å². The second-order valence-corrected chi connectivity index (χ2v) is 10.3. The fourth-order valence-electron chi connectivity index (χ4n) is 3.60. The SMILES string of the molecule is O=S(=O)(c1ccccc1)N(CCc1nnc2sc(Cc3ccccc3)nn12)c1ccccc1.